The van der Waals surface area contributed by atoms with Gasteiger partial charge in [0.15, 0.2) is 6.29 Å². The molecule has 0 fully saturated rings. The number of fused-ring (bicyclic) bond motifs is 1. The number of hydrogen-bond donors (Lipinski definition) is 0. The van der Waals surface area contributed by atoms with Gasteiger partial charge >= 0.3 is 0 Å². The van der Waals surface area contributed by atoms with E-state index in [0.29, 0.717) is 0 Å². The number of nitrogens with zero attached hydrogens (tertiary/aromatic N) is 1. The van der Waals surface area contributed by atoms with Crippen LogP contribution in [0.2, 0.25) is 0 Å². The Morgan fingerprint density at radius 2 is 2.18 bits per heavy atom. The van der Waals surface area contributed by atoms with E-state index in [2.05, 4.69) is 34.5 Å². The smallest absolute Gasteiger partial charge is 0.160 e. The van der Waals surface area contributed by atoms with Crippen molar-refractivity contribution in [2.24, 2.45) is 0 Å². The lowest BCUT2D eigenvalue weighted by molar-refractivity contribution is 0.112. The summed E-state index contributed by atoms with van der Waals surface area (Å²) >= 11 is 1.51. The van der Waals surface area contributed by atoms with Crippen LogP contribution in [-0.4, -0.2) is 12.8 Å². The zero-order valence-electron chi connectivity index (χ0n) is 9.43. The van der Waals surface area contributed by atoms with Gasteiger partial charge in [-0.2, -0.15) is 0 Å². The van der Waals surface area contributed by atoms with Crippen molar-refractivity contribution in [1.82, 2.24) is 0 Å². The Hall–Kier alpha value is -1.61. The van der Waals surface area contributed by atoms with Gasteiger partial charge in [0.1, 0.15) is 0 Å². The molecule has 0 atom stereocenters. The van der Waals surface area contributed by atoms with Crippen molar-refractivity contribution in [1.29, 1.82) is 0 Å². The lowest BCUT2D eigenvalue weighted by Gasteiger charge is -2.30. The molecule has 86 valence electrons. The fourth-order valence-corrected chi connectivity index (χ4v) is 3.04. The van der Waals surface area contributed by atoms with Crippen molar-refractivity contribution in [3.8, 4) is 0 Å². The highest BCUT2D eigenvalue weighted by Crippen LogP contribution is 2.35. The highest BCUT2D eigenvalue weighted by Gasteiger charge is 2.18. The summed E-state index contributed by atoms with van der Waals surface area (Å²) in [5, 5.41) is 2.06. The number of carbonyl (C=O) groups is 1. The van der Waals surface area contributed by atoms with E-state index in [1.165, 1.54) is 29.0 Å². The van der Waals surface area contributed by atoms with Crippen LogP contribution in [0.15, 0.2) is 35.7 Å². The van der Waals surface area contributed by atoms with Gasteiger partial charge in [-0.05, 0) is 30.5 Å². The topological polar surface area (TPSA) is 20.3 Å². The van der Waals surface area contributed by atoms with Crippen LogP contribution in [0.5, 0.6) is 0 Å². The van der Waals surface area contributed by atoms with E-state index < -0.39 is 0 Å². The van der Waals surface area contributed by atoms with E-state index in [9.17, 15) is 4.79 Å². The van der Waals surface area contributed by atoms with E-state index in [0.717, 1.165) is 29.8 Å². The number of benzene rings is 1. The Bertz CT molecular complexity index is 547. The Morgan fingerprint density at radius 1 is 1.29 bits per heavy atom. The molecule has 0 bridgehead atoms. The monoisotopic (exact) mass is 243 g/mol. The van der Waals surface area contributed by atoms with Gasteiger partial charge in [0.25, 0.3) is 0 Å². The number of aldehydes is 1. The fourth-order valence-electron chi connectivity index (χ4n) is 2.35. The molecule has 17 heavy (non-hydrogen) atoms. The molecule has 2 aromatic rings. The van der Waals surface area contributed by atoms with Crippen LogP contribution in [0, 0.1) is 0 Å². The summed E-state index contributed by atoms with van der Waals surface area (Å²) in [5.74, 6) is 0. The van der Waals surface area contributed by atoms with Gasteiger partial charge in [0, 0.05) is 17.6 Å². The minimum absolute atomic E-state index is 0.794. The van der Waals surface area contributed by atoms with Gasteiger partial charge in [0.05, 0.1) is 10.6 Å². The SMILES string of the molecule is O=Cc1cc(N2CCCc3ccccc32)cs1. The van der Waals surface area contributed by atoms with E-state index >= 15 is 0 Å². The molecule has 0 amide bonds. The lowest BCUT2D eigenvalue weighted by atomic mass is 10.0. The summed E-state index contributed by atoms with van der Waals surface area (Å²) in [6.45, 7) is 1.03. The molecule has 0 spiro atoms. The van der Waals surface area contributed by atoms with Gasteiger partial charge < -0.3 is 4.90 Å². The maximum absolute atomic E-state index is 10.7. The van der Waals surface area contributed by atoms with Crippen molar-refractivity contribution in [2.75, 3.05) is 11.4 Å². The molecule has 1 aromatic carbocycles. The normalized spacial score (nSPS) is 14.5. The molecule has 0 radical (unpaired) electrons. The summed E-state index contributed by atoms with van der Waals surface area (Å²) < 4.78 is 0. The van der Waals surface area contributed by atoms with Gasteiger partial charge in [0.2, 0.25) is 0 Å². The van der Waals surface area contributed by atoms with Crippen LogP contribution in [0.25, 0.3) is 0 Å². The van der Waals surface area contributed by atoms with Crippen molar-refractivity contribution in [3.05, 3.63) is 46.2 Å². The Balaban J connectivity index is 2.02. The third kappa shape index (κ3) is 1.87. The molecular formula is C14H13NOS. The van der Waals surface area contributed by atoms with Crippen molar-refractivity contribution >= 4 is 29.0 Å². The first kappa shape index (κ1) is 10.5. The summed E-state index contributed by atoms with van der Waals surface area (Å²) in [6.07, 6.45) is 3.24. The van der Waals surface area contributed by atoms with Crippen LogP contribution >= 0.6 is 11.3 Å². The number of rotatable bonds is 2. The minimum Gasteiger partial charge on any atom is -0.341 e. The third-order valence-electron chi connectivity index (χ3n) is 3.14. The first-order valence-corrected chi connectivity index (χ1v) is 6.65. The first-order chi connectivity index (χ1) is 8.38. The summed E-state index contributed by atoms with van der Waals surface area (Å²) in [7, 11) is 0. The van der Waals surface area contributed by atoms with Crippen molar-refractivity contribution in [2.45, 2.75) is 12.8 Å². The van der Waals surface area contributed by atoms with Crippen LogP contribution in [-0.2, 0) is 6.42 Å². The molecule has 0 saturated carbocycles. The van der Waals surface area contributed by atoms with E-state index in [4.69, 9.17) is 0 Å². The number of para-hydroxylation sites is 1. The largest absolute Gasteiger partial charge is 0.341 e. The Kier molecular flexibility index (Phi) is 2.69. The number of carbonyl (C=O) groups excluding carboxylic acids is 1. The standard InChI is InChI=1S/C14H13NOS/c16-9-13-8-12(10-17-13)15-7-3-5-11-4-1-2-6-14(11)15/h1-2,4,6,8-10H,3,5,7H2. The Morgan fingerprint density at radius 3 is 3.00 bits per heavy atom. The second-order valence-electron chi connectivity index (χ2n) is 4.21. The fraction of sp³-hybridized carbons (Fsp3) is 0.214. The molecule has 3 rings (SSSR count). The maximum Gasteiger partial charge on any atom is 0.160 e. The molecule has 0 N–H and O–H groups in total. The van der Waals surface area contributed by atoms with Crippen molar-refractivity contribution < 1.29 is 4.79 Å². The molecule has 1 aromatic heterocycles. The second kappa shape index (κ2) is 4.34. The van der Waals surface area contributed by atoms with Gasteiger partial charge in [-0.15, -0.1) is 11.3 Å². The molecule has 2 nitrogen and oxygen atoms in total. The summed E-state index contributed by atoms with van der Waals surface area (Å²) in [4.78, 5) is 13.8. The van der Waals surface area contributed by atoms with Gasteiger partial charge in [-0.25, -0.2) is 0 Å². The average molecular weight is 243 g/mol. The van der Waals surface area contributed by atoms with E-state index in [1.807, 2.05) is 6.07 Å². The second-order valence-corrected chi connectivity index (χ2v) is 5.15. The van der Waals surface area contributed by atoms with Gasteiger partial charge in [-0.3, -0.25) is 4.79 Å². The highest BCUT2D eigenvalue weighted by molar-refractivity contribution is 7.12. The molecule has 0 unspecified atom stereocenters. The van der Waals surface area contributed by atoms with Crippen LogP contribution in [0.4, 0.5) is 11.4 Å². The quantitative estimate of drug-likeness (QED) is 0.750. The van der Waals surface area contributed by atoms with E-state index in [-0.39, 0.29) is 0 Å². The van der Waals surface area contributed by atoms with Crippen LogP contribution in [0.3, 0.4) is 0 Å². The molecule has 0 aliphatic carbocycles. The molecule has 3 heteroatoms. The predicted molar refractivity (Wildman–Crippen MR) is 71.5 cm³/mol. The summed E-state index contributed by atoms with van der Waals surface area (Å²) in [5.41, 5.74) is 3.83. The number of aryl methyl sites for hydroxylation is 1. The highest BCUT2D eigenvalue weighted by atomic mass is 32.1. The predicted octanol–water partition coefficient (Wildman–Crippen LogP) is 3.64. The molecule has 1 aliphatic rings. The maximum atomic E-state index is 10.7. The zero-order chi connectivity index (χ0) is 11.7. The molecule has 0 saturated heterocycles. The molecule has 2 heterocycles. The lowest BCUT2D eigenvalue weighted by Crippen LogP contribution is -2.23. The third-order valence-corrected chi connectivity index (χ3v) is 3.99. The summed E-state index contributed by atoms with van der Waals surface area (Å²) in [6, 6.07) is 10.5. The van der Waals surface area contributed by atoms with Gasteiger partial charge in [-0.1, -0.05) is 18.2 Å². The van der Waals surface area contributed by atoms with E-state index in [1.54, 1.807) is 0 Å². The first-order valence-electron chi connectivity index (χ1n) is 5.77. The minimum atomic E-state index is 0.794. The molecule has 1 aliphatic heterocycles. The number of hydrogen-bond acceptors (Lipinski definition) is 3. The van der Waals surface area contributed by atoms with Crippen molar-refractivity contribution in [3.63, 3.8) is 0 Å². The number of thiophene rings is 1. The van der Waals surface area contributed by atoms with Crippen LogP contribution < -0.4 is 4.90 Å². The number of anilines is 2. The molecular weight excluding hydrogens is 230 g/mol. The Labute approximate surface area is 105 Å². The average Bonchev–Trinajstić information content (AvgIpc) is 2.87. The zero-order valence-corrected chi connectivity index (χ0v) is 10.2. The van der Waals surface area contributed by atoms with Crippen LogP contribution in [0.1, 0.15) is 21.7 Å².